The number of aryl methyl sites for hydroxylation is 1. The fraction of sp³-hybridized carbons (Fsp3) is 0.150. The average Bonchev–Trinajstić information content (AvgIpc) is 3.10. The Labute approximate surface area is 160 Å². The van der Waals surface area contributed by atoms with Gasteiger partial charge in [-0.3, -0.25) is 4.79 Å². The molecule has 0 unspecified atom stereocenters. The Morgan fingerprint density at radius 2 is 1.81 bits per heavy atom. The van der Waals surface area contributed by atoms with Crippen LogP contribution in [0.25, 0.3) is 10.6 Å². The molecule has 0 aliphatic heterocycles. The molecule has 6 nitrogen and oxygen atoms in total. The number of esters is 1. The highest BCUT2D eigenvalue weighted by atomic mass is 32.1. The highest BCUT2D eigenvalue weighted by Gasteiger charge is 2.17. The van der Waals surface area contributed by atoms with Crippen LogP contribution in [0.5, 0.6) is 5.75 Å². The number of aromatic nitrogens is 1. The lowest BCUT2D eigenvalue weighted by Crippen LogP contribution is -2.11. The maximum Gasteiger partial charge on any atom is 0.337 e. The number of hydrogen-bond donors (Lipinski definition) is 1. The standard InChI is InChI=1S/C20H18N2O4S/c1-12-17(27-19(21-12)14-5-4-6-16(11-14)25-2)18(23)22-15-9-7-13(8-10-15)20(24)26-3/h4-11H,1-3H3,(H,22,23). The van der Waals surface area contributed by atoms with E-state index >= 15 is 0 Å². The molecule has 0 fully saturated rings. The predicted octanol–water partition coefficient (Wildman–Crippen LogP) is 4.17. The summed E-state index contributed by atoms with van der Waals surface area (Å²) in [6.07, 6.45) is 0. The number of carbonyl (C=O) groups is 2. The monoisotopic (exact) mass is 382 g/mol. The molecule has 3 aromatic rings. The van der Waals surface area contributed by atoms with Crippen molar-refractivity contribution in [3.63, 3.8) is 0 Å². The predicted molar refractivity (Wildman–Crippen MR) is 105 cm³/mol. The lowest BCUT2D eigenvalue weighted by Gasteiger charge is -2.05. The van der Waals surface area contributed by atoms with Crippen molar-refractivity contribution in [3.05, 3.63) is 64.7 Å². The summed E-state index contributed by atoms with van der Waals surface area (Å²) in [5, 5.41) is 3.57. The van der Waals surface area contributed by atoms with Gasteiger partial charge in [-0.05, 0) is 43.3 Å². The van der Waals surface area contributed by atoms with Crippen molar-refractivity contribution in [2.24, 2.45) is 0 Å². The number of ether oxygens (including phenoxy) is 2. The van der Waals surface area contributed by atoms with Gasteiger partial charge in [-0.15, -0.1) is 11.3 Å². The molecule has 0 saturated heterocycles. The van der Waals surface area contributed by atoms with Crippen molar-refractivity contribution < 1.29 is 19.1 Å². The number of methoxy groups -OCH3 is 2. The zero-order valence-corrected chi connectivity index (χ0v) is 15.9. The van der Waals surface area contributed by atoms with Crippen molar-refractivity contribution in [2.45, 2.75) is 6.92 Å². The minimum atomic E-state index is -0.422. The quantitative estimate of drug-likeness (QED) is 0.670. The highest BCUT2D eigenvalue weighted by molar-refractivity contribution is 7.17. The second kappa shape index (κ2) is 8.01. The van der Waals surface area contributed by atoms with Crippen LogP contribution < -0.4 is 10.1 Å². The molecule has 2 aromatic carbocycles. The first-order chi connectivity index (χ1) is 13.0. The molecule has 0 aliphatic rings. The summed E-state index contributed by atoms with van der Waals surface area (Å²) in [6, 6.07) is 14.1. The van der Waals surface area contributed by atoms with Crippen LogP contribution in [0.1, 0.15) is 25.7 Å². The van der Waals surface area contributed by atoms with E-state index in [1.54, 1.807) is 38.3 Å². The molecule has 0 aliphatic carbocycles. The average molecular weight is 382 g/mol. The number of nitrogens with zero attached hydrogens (tertiary/aromatic N) is 1. The molecular weight excluding hydrogens is 364 g/mol. The highest BCUT2D eigenvalue weighted by Crippen LogP contribution is 2.30. The fourth-order valence-corrected chi connectivity index (χ4v) is 3.44. The fourth-order valence-electron chi connectivity index (χ4n) is 2.48. The van der Waals surface area contributed by atoms with Gasteiger partial charge < -0.3 is 14.8 Å². The Morgan fingerprint density at radius 1 is 1.07 bits per heavy atom. The summed E-state index contributed by atoms with van der Waals surface area (Å²) in [4.78, 5) is 29.1. The van der Waals surface area contributed by atoms with E-state index in [2.05, 4.69) is 15.0 Å². The largest absolute Gasteiger partial charge is 0.497 e. The molecular formula is C20H18N2O4S. The number of nitrogens with one attached hydrogen (secondary N) is 1. The van der Waals surface area contributed by atoms with Gasteiger partial charge in [-0.1, -0.05) is 12.1 Å². The van der Waals surface area contributed by atoms with Crippen molar-refractivity contribution >= 4 is 28.9 Å². The number of carbonyl (C=O) groups excluding carboxylic acids is 2. The summed E-state index contributed by atoms with van der Waals surface area (Å²) in [6.45, 7) is 1.80. The SMILES string of the molecule is COC(=O)c1ccc(NC(=O)c2sc(-c3cccc(OC)c3)nc2C)cc1. The molecule has 0 saturated carbocycles. The molecule has 1 aromatic heterocycles. The van der Waals surface area contributed by atoms with Crippen LogP contribution in [-0.4, -0.2) is 31.1 Å². The van der Waals surface area contributed by atoms with Crippen molar-refractivity contribution in [2.75, 3.05) is 19.5 Å². The summed E-state index contributed by atoms with van der Waals surface area (Å²) in [7, 11) is 2.93. The Balaban J connectivity index is 1.79. The van der Waals surface area contributed by atoms with E-state index in [0.717, 1.165) is 16.3 Å². The van der Waals surface area contributed by atoms with Crippen molar-refractivity contribution in [3.8, 4) is 16.3 Å². The summed E-state index contributed by atoms with van der Waals surface area (Å²) < 4.78 is 9.90. The lowest BCUT2D eigenvalue weighted by atomic mass is 10.2. The van der Waals surface area contributed by atoms with E-state index < -0.39 is 5.97 Å². The molecule has 27 heavy (non-hydrogen) atoms. The van der Waals surface area contributed by atoms with E-state index in [0.29, 0.717) is 21.8 Å². The molecule has 0 bridgehead atoms. The van der Waals surface area contributed by atoms with Gasteiger partial charge in [0.15, 0.2) is 0 Å². The summed E-state index contributed by atoms with van der Waals surface area (Å²) >= 11 is 1.32. The Kier molecular flexibility index (Phi) is 5.52. The second-order valence-electron chi connectivity index (χ2n) is 5.69. The topological polar surface area (TPSA) is 77.5 Å². The second-order valence-corrected chi connectivity index (χ2v) is 6.69. The van der Waals surface area contributed by atoms with Crippen molar-refractivity contribution in [1.29, 1.82) is 0 Å². The van der Waals surface area contributed by atoms with Crippen LogP contribution in [-0.2, 0) is 4.74 Å². The molecule has 1 heterocycles. The molecule has 1 amide bonds. The smallest absolute Gasteiger partial charge is 0.337 e. The molecule has 138 valence electrons. The number of thiazole rings is 1. The Bertz CT molecular complexity index is 980. The van der Waals surface area contributed by atoms with Crippen LogP contribution in [0.3, 0.4) is 0 Å². The van der Waals surface area contributed by atoms with Gasteiger partial charge in [-0.2, -0.15) is 0 Å². The van der Waals surface area contributed by atoms with Crippen LogP contribution in [0.15, 0.2) is 48.5 Å². The van der Waals surface area contributed by atoms with Crippen LogP contribution >= 0.6 is 11.3 Å². The number of hydrogen-bond acceptors (Lipinski definition) is 6. The normalized spacial score (nSPS) is 10.3. The maximum atomic E-state index is 12.6. The Hall–Kier alpha value is -3.19. The van der Waals surface area contributed by atoms with Crippen LogP contribution in [0.2, 0.25) is 0 Å². The van der Waals surface area contributed by atoms with Gasteiger partial charge in [0.1, 0.15) is 15.6 Å². The van der Waals surface area contributed by atoms with Gasteiger partial charge in [0, 0.05) is 11.3 Å². The zero-order chi connectivity index (χ0) is 19.4. The van der Waals surface area contributed by atoms with E-state index in [1.165, 1.54) is 18.4 Å². The third kappa shape index (κ3) is 4.15. The molecule has 1 N–H and O–H groups in total. The minimum Gasteiger partial charge on any atom is -0.497 e. The first-order valence-electron chi connectivity index (χ1n) is 8.13. The van der Waals surface area contributed by atoms with Crippen LogP contribution in [0, 0.1) is 6.92 Å². The first-order valence-corrected chi connectivity index (χ1v) is 8.95. The lowest BCUT2D eigenvalue weighted by molar-refractivity contribution is 0.0600. The number of anilines is 1. The molecule has 0 spiro atoms. The number of amides is 1. The third-order valence-corrected chi connectivity index (χ3v) is 5.09. The molecule has 0 atom stereocenters. The third-order valence-electron chi connectivity index (χ3n) is 3.88. The number of benzene rings is 2. The zero-order valence-electron chi connectivity index (χ0n) is 15.1. The molecule has 0 radical (unpaired) electrons. The Morgan fingerprint density at radius 3 is 2.48 bits per heavy atom. The van der Waals surface area contributed by atoms with Gasteiger partial charge in [-0.25, -0.2) is 9.78 Å². The summed E-state index contributed by atoms with van der Waals surface area (Å²) in [5.41, 5.74) is 2.55. The van der Waals surface area contributed by atoms with E-state index in [9.17, 15) is 9.59 Å². The van der Waals surface area contributed by atoms with Gasteiger partial charge in [0.05, 0.1) is 25.5 Å². The van der Waals surface area contributed by atoms with E-state index in [-0.39, 0.29) is 5.91 Å². The van der Waals surface area contributed by atoms with Gasteiger partial charge >= 0.3 is 5.97 Å². The van der Waals surface area contributed by atoms with E-state index in [4.69, 9.17) is 4.74 Å². The summed E-state index contributed by atoms with van der Waals surface area (Å²) in [5.74, 6) is 0.0659. The van der Waals surface area contributed by atoms with Crippen LogP contribution in [0.4, 0.5) is 5.69 Å². The molecule has 7 heteroatoms. The minimum absolute atomic E-state index is 0.245. The van der Waals surface area contributed by atoms with Crippen molar-refractivity contribution in [1.82, 2.24) is 4.98 Å². The first kappa shape index (κ1) is 18.6. The van der Waals surface area contributed by atoms with E-state index in [1.807, 2.05) is 24.3 Å². The van der Waals surface area contributed by atoms with Gasteiger partial charge in [0.25, 0.3) is 5.91 Å². The van der Waals surface area contributed by atoms with Gasteiger partial charge in [0.2, 0.25) is 0 Å². The molecule has 3 rings (SSSR count). The maximum absolute atomic E-state index is 12.6. The number of rotatable bonds is 5.